The van der Waals surface area contributed by atoms with Crippen molar-refractivity contribution < 1.29 is 9.53 Å². The van der Waals surface area contributed by atoms with Gasteiger partial charge in [-0.05, 0) is 24.6 Å². The summed E-state index contributed by atoms with van der Waals surface area (Å²) in [7, 11) is 0. The standard InChI is InChI=1S/C12H14N2O2/c1-2-16-11(12(14)15)7-9-3-5-10(8-13)6-4-9/h3-6,11H,2,7H2,1H3,(H2,14,15). The summed E-state index contributed by atoms with van der Waals surface area (Å²) in [6.07, 6.45) is -0.160. The molecule has 1 aromatic carbocycles. The van der Waals surface area contributed by atoms with Gasteiger partial charge in [0.15, 0.2) is 0 Å². The Bertz CT molecular complexity index is 392. The summed E-state index contributed by atoms with van der Waals surface area (Å²) in [5.74, 6) is -0.466. The molecule has 0 aliphatic heterocycles. The van der Waals surface area contributed by atoms with Crippen LogP contribution in [0.4, 0.5) is 0 Å². The first-order valence-electron chi connectivity index (χ1n) is 5.07. The molecule has 0 fully saturated rings. The molecule has 0 saturated heterocycles. The second-order valence-electron chi connectivity index (χ2n) is 3.36. The molecule has 1 amide bonds. The van der Waals surface area contributed by atoms with Crippen LogP contribution in [0.1, 0.15) is 18.1 Å². The first-order valence-corrected chi connectivity index (χ1v) is 5.07. The number of ether oxygens (including phenoxy) is 1. The van der Waals surface area contributed by atoms with Crippen molar-refractivity contribution in [2.24, 2.45) is 5.73 Å². The van der Waals surface area contributed by atoms with Gasteiger partial charge in [0, 0.05) is 13.0 Å². The van der Waals surface area contributed by atoms with E-state index in [0.717, 1.165) is 5.56 Å². The number of hydrogen-bond donors (Lipinski definition) is 1. The summed E-state index contributed by atoms with van der Waals surface area (Å²) in [5.41, 5.74) is 6.73. The number of hydrogen-bond acceptors (Lipinski definition) is 3. The number of benzene rings is 1. The molecule has 4 heteroatoms. The molecule has 0 aromatic heterocycles. The lowest BCUT2D eigenvalue weighted by Crippen LogP contribution is -2.33. The third kappa shape index (κ3) is 3.37. The van der Waals surface area contributed by atoms with Gasteiger partial charge in [0.05, 0.1) is 11.6 Å². The van der Waals surface area contributed by atoms with Crippen LogP contribution in [0.5, 0.6) is 0 Å². The smallest absolute Gasteiger partial charge is 0.246 e. The van der Waals surface area contributed by atoms with Crippen molar-refractivity contribution in [1.82, 2.24) is 0 Å². The van der Waals surface area contributed by atoms with Crippen LogP contribution in [-0.4, -0.2) is 18.6 Å². The van der Waals surface area contributed by atoms with Crippen molar-refractivity contribution in [1.29, 1.82) is 5.26 Å². The molecule has 4 nitrogen and oxygen atoms in total. The Hall–Kier alpha value is -1.86. The molecule has 1 rings (SSSR count). The Balaban J connectivity index is 2.70. The molecule has 84 valence electrons. The summed E-state index contributed by atoms with van der Waals surface area (Å²) in [6, 6.07) is 9.05. The summed E-state index contributed by atoms with van der Waals surface area (Å²) in [6.45, 7) is 2.26. The minimum Gasteiger partial charge on any atom is -0.368 e. The number of carbonyl (C=O) groups excluding carboxylic acids is 1. The van der Waals surface area contributed by atoms with E-state index in [1.54, 1.807) is 24.3 Å². The lowest BCUT2D eigenvalue weighted by Gasteiger charge is -2.13. The fraction of sp³-hybridized carbons (Fsp3) is 0.333. The Morgan fingerprint density at radius 3 is 2.56 bits per heavy atom. The number of nitrogens with two attached hydrogens (primary N) is 1. The highest BCUT2D eigenvalue weighted by molar-refractivity contribution is 5.79. The number of carbonyl (C=O) groups is 1. The summed E-state index contributed by atoms with van der Waals surface area (Å²) in [5, 5.41) is 8.63. The van der Waals surface area contributed by atoms with Crippen LogP contribution in [0.15, 0.2) is 24.3 Å². The van der Waals surface area contributed by atoms with Crippen LogP contribution < -0.4 is 5.73 Å². The van der Waals surface area contributed by atoms with Crippen LogP contribution in [-0.2, 0) is 16.0 Å². The molecule has 0 saturated carbocycles. The molecular weight excluding hydrogens is 204 g/mol. The van der Waals surface area contributed by atoms with Gasteiger partial charge in [-0.25, -0.2) is 0 Å². The fourth-order valence-corrected chi connectivity index (χ4v) is 1.37. The van der Waals surface area contributed by atoms with E-state index < -0.39 is 12.0 Å². The van der Waals surface area contributed by atoms with E-state index in [2.05, 4.69) is 0 Å². The van der Waals surface area contributed by atoms with E-state index in [9.17, 15) is 4.79 Å². The zero-order valence-electron chi connectivity index (χ0n) is 9.14. The maximum absolute atomic E-state index is 11.1. The van der Waals surface area contributed by atoms with Crippen LogP contribution >= 0.6 is 0 Å². The number of nitriles is 1. The SMILES string of the molecule is CCOC(Cc1ccc(C#N)cc1)C(N)=O. The van der Waals surface area contributed by atoms with Gasteiger partial charge in [-0.1, -0.05) is 12.1 Å². The molecule has 1 atom stereocenters. The van der Waals surface area contributed by atoms with Gasteiger partial charge in [0.2, 0.25) is 5.91 Å². The van der Waals surface area contributed by atoms with Gasteiger partial charge in [-0.15, -0.1) is 0 Å². The number of primary amides is 1. The highest BCUT2D eigenvalue weighted by atomic mass is 16.5. The van der Waals surface area contributed by atoms with Crippen LogP contribution in [0.25, 0.3) is 0 Å². The lowest BCUT2D eigenvalue weighted by molar-refractivity contribution is -0.129. The molecule has 2 N–H and O–H groups in total. The van der Waals surface area contributed by atoms with Crippen molar-refractivity contribution in [3.8, 4) is 6.07 Å². The molecule has 0 aliphatic rings. The number of rotatable bonds is 5. The second kappa shape index (κ2) is 5.89. The van der Waals surface area contributed by atoms with Gasteiger partial charge in [-0.3, -0.25) is 4.79 Å². The highest BCUT2D eigenvalue weighted by Crippen LogP contribution is 2.08. The average Bonchev–Trinajstić information content (AvgIpc) is 2.29. The zero-order chi connectivity index (χ0) is 12.0. The van der Waals surface area contributed by atoms with Crippen molar-refractivity contribution in [2.75, 3.05) is 6.61 Å². The van der Waals surface area contributed by atoms with Gasteiger partial charge in [0.25, 0.3) is 0 Å². The van der Waals surface area contributed by atoms with E-state index >= 15 is 0 Å². The molecular formula is C12H14N2O2. The summed E-state index contributed by atoms with van der Waals surface area (Å²) >= 11 is 0. The van der Waals surface area contributed by atoms with E-state index in [0.29, 0.717) is 18.6 Å². The Morgan fingerprint density at radius 2 is 2.12 bits per heavy atom. The number of amides is 1. The number of nitrogens with zero attached hydrogens (tertiary/aromatic N) is 1. The Labute approximate surface area is 94.6 Å². The first-order chi connectivity index (χ1) is 7.67. The molecule has 1 aromatic rings. The zero-order valence-corrected chi connectivity index (χ0v) is 9.14. The first kappa shape index (κ1) is 12.2. The highest BCUT2D eigenvalue weighted by Gasteiger charge is 2.15. The molecule has 0 heterocycles. The summed E-state index contributed by atoms with van der Waals surface area (Å²) < 4.78 is 5.22. The predicted molar refractivity (Wildman–Crippen MR) is 59.5 cm³/mol. The van der Waals surface area contributed by atoms with Gasteiger partial charge in [-0.2, -0.15) is 5.26 Å². The van der Waals surface area contributed by atoms with Crippen molar-refractivity contribution in [2.45, 2.75) is 19.4 Å². The predicted octanol–water partition coefficient (Wildman–Crippen LogP) is 0.991. The average molecular weight is 218 g/mol. The third-order valence-corrected chi connectivity index (χ3v) is 2.19. The van der Waals surface area contributed by atoms with Crippen molar-refractivity contribution in [3.63, 3.8) is 0 Å². The molecule has 0 aliphatic carbocycles. The van der Waals surface area contributed by atoms with Crippen molar-refractivity contribution >= 4 is 5.91 Å². The largest absolute Gasteiger partial charge is 0.368 e. The van der Waals surface area contributed by atoms with Crippen LogP contribution in [0, 0.1) is 11.3 Å². The molecule has 0 bridgehead atoms. The topological polar surface area (TPSA) is 76.1 Å². The molecule has 1 unspecified atom stereocenters. The minimum absolute atomic E-state index is 0.439. The minimum atomic E-state index is -0.599. The van der Waals surface area contributed by atoms with Gasteiger partial charge < -0.3 is 10.5 Å². The van der Waals surface area contributed by atoms with E-state index in [1.807, 2.05) is 13.0 Å². The molecule has 16 heavy (non-hydrogen) atoms. The third-order valence-electron chi connectivity index (χ3n) is 2.19. The second-order valence-corrected chi connectivity index (χ2v) is 3.36. The quantitative estimate of drug-likeness (QED) is 0.800. The summed E-state index contributed by atoms with van der Waals surface area (Å²) in [4.78, 5) is 11.1. The van der Waals surface area contributed by atoms with Crippen LogP contribution in [0.3, 0.4) is 0 Å². The van der Waals surface area contributed by atoms with E-state index in [1.165, 1.54) is 0 Å². The normalized spacial score (nSPS) is 11.8. The van der Waals surface area contributed by atoms with E-state index in [4.69, 9.17) is 15.7 Å². The molecule has 0 spiro atoms. The molecule has 0 radical (unpaired) electrons. The maximum Gasteiger partial charge on any atom is 0.246 e. The monoisotopic (exact) mass is 218 g/mol. The van der Waals surface area contributed by atoms with Gasteiger partial charge >= 0.3 is 0 Å². The Kier molecular flexibility index (Phi) is 4.49. The van der Waals surface area contributed by atoms with Crippen molar-refractivity contribution in [3.05, 3.63) is 35.4 Å². The van der Waals surface area contributed by atoms with Crippen LogP contribution in [0.2, 0.25) is 0 Å². The van der Waals surface area contributed by atoms with Gasteiger partial charge in [0.1, 0.15) is 6.10 Å². The fourth-order valence-electron chi connectivity index (χ4n) is 1.37. The maximum atomic E-state index is 11.1. The van der Waals surface area contributed by atoms with E-state index in [-0.39, 0.29) is 0 Å². The Morgan fingerprint density at radius 1 is 1.50 bits per heavy atom. The lowest BCUT2D eigenvalue weighted by atomic mass is 10.1.